The van der Waals surface area contributed by atoms with Crippen LogP contribution in [0, 0.1) is 0 Å². The zero-order chi connectivity index (χ0) is 9.99. The van der Waals surface area contributed by atoms with Gasteiger partial charge in [-0.15, -0.1) is 0 Å². The fourth-order valence-electron chi connectivity index (χ4n) is 1.33. The Labute approximate surface area is 81.9 Å². The van der Waals surface area contributed by atoms with Gasteiger partial charge < -0.3 is 8.23 Å². The molecule has 0 heterocycles. The molecule has 0 rings (SSSR count). The molecule has 0 unspecified atom stereocenters. The minimum Gasteiger partial charge on any atom is -0.440 e. The molecule has 0 aromatic carbocycles. The van der Waals surface area contributed by atoms with Crippen molar-refractivity contribution in [2.45, 2.75) is 45.8 Å². The quantitative estimate of drug-likeness (QED) is 0.684. The molecule has 12 heavy (non-hydrogen) atoms. The summed E-state index contributed by atoms with van der Waals surface area (Å²) in [4.78, 5) is 0. The minimum atomic E-state index is -1.78. The first kappa shape index (κ1) is 12.6. The molecule has 2 nitrogen and oxygen atoms in total. The highest BCUT2D eigenvalue weighted by Crippen LogP contribution is 2.15. The summed E-state index contributed by atoms with van der Waals surface area (Å²) in [5, 5.41) is 0. The third-order valence-corrected chi connectivity index (χ3v) is 9.64. The standard InChI is InChI=1S/C7H22O2Si3.H2/c1-10(2)8-12(6,7)9-11(3,4)5;/h10H,1-7H3;1H. The van der Waals surface area contributed by atoms with Gasteiger partial charge in [0.15, 0.2) is 17.4 Å². The van der Waals surface area contributed by atoms with E-state index in [1.807, 2.05) is 0 Å². The van der Waals surface area contributed by atoms with Crippen LogP contribution in [-0.4, -0.2) is 25.9 Å². The number of hydrogen-bond acceptors (Lipinski definition) is 2. The molecule has 0 fully saturated rings. The molecule has 0 aromatic rings. The lowest BCUT2D eigenvalue weighted by Crippen LogP contribution is -2.46. The Morgan fingerprint density at radius 3 is 1.67 bits per heavy atom. The summed E-state index contributed by atoms with van der Waals surface area (Å²) in [6.07, 6.45) is 0. The van der Waals surface area contributed by atoms with Crippen LogP contribution in [0.25, 0.3) is 0 Å². The molecule has 0 aliphatic rings. The van der Waals surface area contributed by atoms with Crippen molar-refractivity contribution in [2.75, 3.05) is 0 Å². The van der Waals surface area contributed by atoms with Gasteiger partial charge in [-0.05, 0) is 45.8 Å². The van der Waals surface area contributed by atoms with E-state index in [2.05, 4.69) is 45.8 Å². The lowest BCUT2D eigenvalue weighted by Gasteiger charge is -2.32. The van der Waals surface area contributed by atoms with Crippen molar-refractivity contribution in [3.8, 4) is 0 Å². The molecule has 0 amide bonds. The van der Waals surface area contributed by atoms with Gasteiger partial charge in [0, 0.05) is 1.43 Å². The normalized spacial score (nSPS) is 14.0. The summed E-state index contributed by atoms with van der Waals surface area (Å²) in [6, 6.07) is 0. The molecule has 0 atom stereocenters. The molecule has 0 aromatic heterocycles. The summed E-state index contributed by atoms with van der Waals surface area (Å²) >= 11 is 0. The van der Waals surface area contributed by atoms with Gasteiger partial charge >= 0.3 is 8.56 Å². The Morgan fingerprint density at radius 2 is 1.42 bits per heavy atom. The highest BCUT2D eigenvalue weighted by Gasteiger charge is 2.31. The van der Waals surface area contributed by atoms with E-state index in [1.54, 1.807) is 0 Å². The molecule has 0 aliphatic carbocycles. The number of hydrogen-bond donors (Lipinski definition) is 0. The second-order valence-electron chi connectivity index (χ2n) is 4.78. The van der Waals surface area contributed by atoms with Gasteiger partial charge in [0.25, 0.3) is 0 Å². The predicted octanol–water partition coefficient (Wildman–Crippen LogP) is 2.79. The second-order valence-corrected chi connectivity index (χ2v) is 15.7. The van der Waals surface area contributed by atoms with Crippen LogP contribution >= 0.6 is 0 Å². The van der Waals surface area contributed by atoms with E-state index in [-0.39, 0.29) is 1.43 Å². The monoisotopic (exact) mass is 224 g/mol. The lowest BCUT2D eigenvalue weighted by molar-refractivity contribution is 0.405. The maximum atomic E-state index is 6.03. The zero-order valence-electron chi connectivity index (χ0n) is 9.39. The summed E-state index contributed by atoms with van der Waals surface area (Å²) in [6.45, 7) is 15.3. The fraction of sp³-hybridized carbons (Fsp3) is 1.00. The molecule has 0 spiro atoms. The second kappa shape index (κ2) is 4.19. The Hall–Kier alpha value is 0.571. The van der Waals surface area contributed by atoms with Crippen molar-refractivity contribution in [2.24, 2.45) is 0 Å². The summed E-state index contributed by atoms with van der Waals surface area (Å²) < 4.78 is 11.9. The molecule has 0 aliphatic heterocycles. The smallest absolute Gasteiger partial charge is 0.310 e. The Kier molecular flexibility index (Phi) is 4.39. The molecule has 0 radical (unpaired) electrons. The lowest BCUT2D eigenvalue weighted by atomic mass is 11.8. The molecular formula is C7H24O2Si3. The van der Waals surface area contributed by atoms with E-state index in [4.69, 9.17) is 8.23 Å². The van der Waals surface area contributed by atoms with Gasteiger partial charge in [-0.25, -0.2) is 0 Å². The average Bonchev–Trinajstić information content (AvgIpc) is 1.48. The van der Waals surface area contributed by atoms with E-state index in [1.165, 1.54) is 0 Å². The third kappa shape index (κ3) is 7.23. The Balaban J connectivity index is 0. The van der Waals surface area contributed by atoms with E-state index in [0.29, 0.717) is 0 Å². The fourth-order valence-corrected chi connectivity index (χ4v) is 12.4. The molecule has 5 heteroatoms. The highest BCUT2D eigenvalue weighted by atomic mass is 28.5. The van der Waals surface area contributed by atoms with E-state index >= 15 is 0 Å². The van der Waals surface area contributed by atoms with Crippen molar-refractivity contribution in [3.63, 3.8) is 0 Å². The minimum absolute atomic E-state index is 0. The topological polar surface area (TPSA) is 18.5 Å². The maximum Gasteiger partial charge on any atom is 0.310 e. The molecular weight excluding hydrogens is 200 g/mol. The first-order chi connectivity index (χ1) is 5.12. The SMILES string of the molecule is C[SiH](C)O[Si](C)(C)O[Si](C)(C)C.[HH]. The van der Waals surface area contributed by atoms with Gasteiger partial charge in [0.2, 0.25) is 0 Å². The summed E-state index contributed by atoms with van der Waals surface area (Å²) in [5.74, 6) is 0. The first-order valence-corrected chi connectivity index (χ1v) is 13.5. The molecule has 76 valence electrons. The van der Waals surface area contributed by atoms with Gasteiger partial charge in [0.1, 0.15) is 0 Å². The Morgan fingerprint density at radius 1 is 1.00 bits per heavy atom. The van der Waals surface area contributed by atoms with Crippen molar-refractivity contribution in [3.05, 3.63) is 0 Å². The van der Waals surface area contributed by atoms with Crippen LogP contribution in [0.15, 0.2) is 0 Å². The van der Waals surface area contributed by atoms with E-state index < -0.39 is 25.9 Å². The van der Waals surface area contributed by atoms with Gasteiger partial charge in [-0.3, -0.25) is 0 Å². The van der Waals surface area contributed by atoms with Crippen molar-refractivity contribution >= 4 is 25.9 Å². The highest BCUT2D eigenvalue weighted by molar-refractivity contribution is 6.83. The largest absolute Gasteiger partial charge is 0.440 e. The van der Waals surface area contributed by atoms with Crippen LogP contribution in [0.5, 0.6) is 0 Å². The average molecular weight is 225 g/mol. The van der Waals surface area contributed by atoms with Crippen LogP contribution < -0.4 is 0 Å². The van der Waals surface area contributed by atoms with Crippen molar-refractivity contribution < 1.29 is 9.66 Å². The third-order valence-electron chi connectivity index (χ3n) is 1.07. The first-order valence-electron chi connectivity index (χ1n) is 4.50. The van der Waals surface area contributed by atoms with Crippen LogP contribution in [-0.2, 0) is 8.23 Å². The number of rotatable bonds is 4. The summed E-state index contributed by atoms with van der Waals surface area (Å²) in [7, 11) is -4.10. The maximum absolute atomic E-state index is 6.03. The molecule has 0 bridgehead atoms. The summed E-state index contributed by atoms with van der Waals surface area (Å²) in [5.41, 5.74) is 0. The van der Waals surface area contributed by atoms with Crippen LogP contribution in [0.2, 0.25) is 45.8 Å². The van der Waals surface area contributed by atoms with Gasteiger partial charge in [0.05, 0.1) is 0 Å². The van der Waals surface area contributed by atoms with Crippen LogP contribution in [0.3, 0.4) is 0 Å². The molecule has 0 saturated carbocycles. The van der Waals surface area contributed by atoms with E-state index in [0.717, 1.165) is 0 Å². The van der Waals surface area contributed by atoms with Crippen molar-refractivity contribution in [1.29, 1.82) is 0 Å². The zero-order valence-corrected chi connectivity index (χ0v) is 12.5. The predicted molar refractivity (Wildman–Crippen MR) is 64.0 cm³/mol. The Bertz CT molecular complexity index is 145. The van der Waals surface area contributed by atoms with Gasteiger partial charge in [-0.2, -0.15) is 0 Å². The van der Waals surface area contributed by atoms with E-state index in [9.17, 15) is 0 Å². The molecule has 0 N–H and O–H groups in total. The van der Waals surface area contributed by atoms with Crippen molar-refractivity contribution in [1.82, 2.24) is 0 Å². The molecule has 0 saturated heterocycles. The van der Waals surface area contributed by atoms with Crippen LogP contribution in [0.4, 0.5) is 0 Å². The van der Waals surface area contributed by atoms with Crippen LogP contribution in [0.1, 0.15) is 1.43 Å². The van der Waals surface area contributed by atoms with Gasteiger partial charge in [-0.1, -0.05) is 0 Å².